The van der Waals surface area contributed by atoms with Crippen molar-refractivity contribution >= 4 is 28.8 Å². The third-order valence-corrected chi connectivity index (χ3v) is 4.95. The van der Waals surface area contributed by atoms with Gasteiger partial charge in [-0.3, -0.25) is 14.5 Å². The average molecular weight is 389 g/mol. The van der Waals surface area contributed by atoms with Crippen LogP contribution in [-0.2, 0) is 4.74 Å². The number of rotatable bonds is 5. The minimum Gasteiger partial charge on any atom is -0.462 e. The molecule has 2 amide bonds. The molecule has 7 heteroatoms. The molecule has 0 saturated heterocycles. The Bertz CT molecular complexity index is 1120. The summed E-state index contributed by atoms with van der Waals surface area (Å²) >= 11 is 0. The van der Waals surface area contributed by atoms with Crippen LogP contribution in [0.15, 0.2) is 42.5 Å². The van der Waals surface area contributed by atoms with Gasteiger partial charge in [0.15, 0.2) is 0 Å². The minimum absolute atomic E-state index is 0.100. The molecule has 1 aromatic heterocycles. The highest BCUT2D eigenvalue weighted by Crippen LogP contribution is 2.22. The molecule has 0 fully saturated rings. The van der Waals surface area contributed by atoms with Crippen LogP contribution in [0.5, 0.6) is 0 Å². The van der Waals surface area contributed by atoms with E-state index in [0.717, 1.165) is 16.9 Å². The van der Waals surface area contributed by atoms with Gasteiger partial charge in [-0.15, -0.1) is 0 Å². The van der Waals surface area contributed by atoms with Crippen molar-refractivity contribution in [3.63, 3.8) is 0 Å². The first kappa shape index (κ1) is 18.7. The second-order valence-corrected chi connectivity index (χ2v) is 6.89. The summed E-state index contributed by atoms with van der Waals surface area (Å²) in [4.78, 5) is 47.0. The number of aryl methyl sites for hydroxylation is 2. The maximum Gasteiger partial charge on any atom is 0.338 e. The minimum atomic E-state index is -0.478. The number of carbonyl (C=O) groups excluding carboxylic acids is 3. The van der Waals surface area contributed by atoms with E-state index in [0.29, 0.717) is 28.6 Å². The number of nitrogens with zero attached hydrogens (tertiary/aromatic N) is 3. The van der Waals surface area contributed by atoms with Crippen molar-refractivity contribution < 1.29 is 19.1 Å². The molecule has 3 aromatic rings. The summed E-state index contributed by atoms with van der Waals surface area (Å²) in [6.45, 7) is 4.05. The molecule has 0 saturated carbocycles. The van der Waals surface area contributed by atoms with Crippen molar-refractivity contribution in [1.29, 1.82) is 0 Å². The zero-order chi connectivity index (χ0) is 20.5. The molecule has 0 bridgehead atoms. The van der Waals surface area contributed by atoms with E-state index in [2.05, 4.69) is 9.97 Å². The predicted octanol–water partition coefficient (Wildman–Crippen LogP) is 3.09. The maximum absolute atomic E-state index is 12.3. The fourth-order valence-corrected chi connectivity index (χ4v) is 3.27. The molecule has 0 atom stereocenters. The number of hydrogen-bond donors (Lipinski definition) is 0. The molecular weight excluding hydrogens is 370 g/mol. The van der Waals surface area contributed by atoms with Crippen LogP contribution in [0.25, 0.3) is 11.0 Å². The monoisotopic (exact) mass is 389 g/mol. The van der Waals surface area contributed by atoms with Gasteiger partial charge in [0, 0.05) is 6.54 Å². The van der Waals surface area contributed by atoms with Gasteiger partial charge in [0.25, 0.3) is 11.8 Å². The molecule has 0 radical (unpaired) electrons. The fourth-order valence-electron chi connectivity index (χ4n) is 3.27. The summed E-state index contributed by atoms with van der Waals surface area (Å²) in [6, 6.07) is 11.8. The van der Waals surface area contributed by atoms with E-state index in [4.69, 9.17) is 4.74 Å². The van der Waals surface area contributed by atoms with Gasteiger partial charge in [-0.05, 0) is 50.6 Å². The fraction of sp³-hybridized carbons (Fsp3) is 0.227. The van der Waals surface area contributed by atoms with Crippen molar-refractivity contribution in [1.82, 2.24) is 14.9 Å². The van der Waals surface area contributed by atoms with Gasteiger partial charge in [-0.1, -0.05) is 12.1 Å². The Kier molecular flexibility index (Phi) is 4.80. The number of hydrogen-bond acceptors (Lipinski definition) is 6. The quantitative estimate of drug-likeness (QED) is 0.378. The van der Waals surface area contributed by atoms with Crippen molar-refractivity contribution in [2.75, 3.05) is 13.2 Å². The molecule has 7 nitrogen and oxygen atoms in total. The standard InChI is InChI=1S/C22H19N3O4/c1-13-14(2)24-19-12-15(8-9-18(19)23-13)22(28)29-11-5-10-25-20(26)16-6-3-4-7-17(16)21(25)27/h3-4,6-9,12H,5,10-11H2,1-2H3. The van der Waals surface area contributed by atoms with Crippen molar-refractivity contribution in [2.45, 2.75) is 20.3 Å². The Balaban J connectivity index is 1.35. The van der Waals surface area contributed by atoms with Gasteiger partial charge in [0.2, 0.25) is 0 Å². The molecule has 146 valence electrons. The topological polar surface area (TPSA) is 89.5 Å². The van der Waals surface area contributed by atoms with Crippen LogP contribution in [0.3, 0.4) is 0 Å². The SMILES string of the molecule is Cc1nc2ccc(C(=O)OCCCN3C(=O)c4ccccc4C3=O)cc2nc1C. The average Bonchev–Trinajstić information content (AvgIpc) is 2.96. The summed E-state index contributed by atoms with van der Waals surface area (Å²) in [5.74, 6) is -1.10. The summed E-state index contributed by atoms with van der Waals surface area (Å²) < 4.78 is 5.30. The lowest BCUT2D eigenvalue weighted by molar-refractivity contribution is 0.0482. The second kappa shape index (κ2) is 7.43. The summed E-state index contributed by atoms with van der Waals surface area (Å²) in [7, 11) is 0. The molecule has 1 aliphatic heterocycles. The molecule has 0 unspecified atom stereocenters. The van der Waals surface area contributed by atoms with E-state index in [-0.39, 0.29) is 25.0 Å². The normalized spacial score (nSPS) is 13.1. The van der Waals surface area contributed by atoms with Gasteiger partial charge in [0.1, 0.15) is 0 Å². The van der Waals surface area contributed by atoms with Gasteiger partial charge < -0.3 is 4.74 Å². The van der Waals surface area contributed by atoms with E-state index < -0.39 is 5.97 Å². The van der Waals surface area contributed by atoms with E-state index >= 15 is 0 Å². The number of aromatic nitrogens is 2. The summed E-state index contributed by atoms with van der Waals surface area (Å²) in [5, 5.41) is 0. The van der Waals surface area contributed by atoms with E-state index in [1.165, 1.54) is 4.90 Å². The maximum atomic E-state index is 12.3. The van der Waals surface area contributed by atoms with E-state index in [9.17, 15) is 14.4 Å². The molecule has 2 aromatic carbocycles. The third-order valence-electron chi connectivity index (χ3n) is 4.95. The van der Waals surface area contributed by atoms with Crippen molar-refractivity contribution in [3.05, 3.63) is 70.5 Å². The van der Waals surface area contributed by atoms with Crippen LogP contribution in [0, 0.1) is 13.8 Å². The Labute approximate surface area is 167 Å². The van der Waals surface area contributed by atoms with E-state index in [1.807, 2.05) is 13.8 Å². The Hall–Kier alpha value is -3.61. The van der Waals surface area contributed by atoms with Gasteiger partial charge in [-0.25, -0.2) is 14.8 Å². The first-order valence-electron chi connectivity index (χ1n) is 9.33. The first-order chi connectivity index (χ1) is 14.0. The molecular formula is C22H19N3O4. The van der Waals surface area contributed by atoms with Gasteiger partial charge >= 0.3 is 5.97 Å². The lowest BCUT2D eigenvalue weighted by atomic mass is 10.1. The van der Waals surface area contributed by atoms with Gasteiger partial charge in [0.05, 0.1) is 45.7 Å². The van der Waals surface area contributed by atoms with Crippen LogP contribution < -0.4 is 0 Å². The largest absolute Gasteiger partial charge is 0.462 e. The number of fused-ring (bicyclic) bond motifs is 2. The summed E-state index contributed by atoms with van der Waals surface area (Å²) in [5.41, 5.74) is 4.22. The molecule has 1 aliphatic rings. The Morgan fingerprint density at radius 1 is 0.931 bits per heavy atom. The third kappa shape index (κ3) is 3.47. The van der Waals surface area contributed by atoms with Crippen molar-refractivity contribution in [3.8, 4) is 0 Å². The van der Waals surface area contributed by atoms with Crippen LogP contribution in [0.4, 0.5) is 0 Å². The smallest absolute Gasteiger partial charge is 0.338 e. The molecule has 0 aliphatic carbocycles. The first-order valence-corrected chi connectivity index (χ1v) is 9.33. The number of carbonyl (C=O) groups is 3. The van der Waals surface area contributed by atoms with Crippen LogP contribution in [0.2, 0.25) is 0 Å². The number of esters is 1. The lowest BCUT2D eigenvalue weighted by Crippen LogP contribution is -2.31. The molecule has 0 N–H and O–H groups in total. The van der Waals surface area contributed by atoms with E-state index in [1.54, 1.807) is 42.5 Å². The Morgan fingerprint density at radius 2 is 1.55 bits per heavy atom. The highest BCUT2D eigenvalue weighted by atomic mass is 16.5. The Morgan fingerprint density at radius 3 is 2.21 bits per heavy atom. The highest BCUT2D eigenvalue weighted by Gasteiger charge is 2.34. The number of benzene rings is 2. The van der Waals surface area contributed by atoms with Crippen LogP contribution in [-0.4, -0.2) is 45.8 Å². The summed E-state index contributed by atoms with van der Waals surface area (Å²) in [6.07, 6.45) is 0.364. The number of amides is 2. The molecule has 29 heavy (non-hydrogen) atoms. The highest BCUT2D eigenvalue weighted by molar-refractivity contribution is 6.21. The van der Waals surface area contributed by atoms with Gasteiger partial charge in [-0.2, -0.15) is 0 Å². The molecule has 4 rings (SSSR count). The second-order valence-electron chi connectivity index (χ2n) is 6.89. The molecule has 0 spiro atoms. The van der Waals surface area contributed by atoms with Crippen LogP contribution >= 0.6 is 0 Å². The predicted molar refractivity (Wildman–Crippen MR) is 106 cm³/mol. The van der Waals surface area contributed by atoms with Crippen molar-refractivity contribution in [2.24, 2.45) is 0 Å². The lowest BCUT2D eigenvalue weighted by Gasteiger charge is -2.13. The number of imide groups is 1. The number of ether oxygens (including phenoxy) is 1. The van der Waals surface area contributed by atoms with Crippen LogP contribution in [0.1, 0.15) is 48.9 Å². The zero-order valence-electron chi connectivity index (χ0n) is 16.1. The molecule has 2 heterocycles. The zero-order valence-corrected chi connectivity index (χ0v) is 16.1.